The van der Waals surface area contributed by atoms with E-state index in [1.54, 1.807) is 6.07 Å². The van der Waals surface area contributed by atoms with E-state index in [2.05, 4.69) is 15.0 Å². The first kappa shape index (κ1) is 14.9. The van der Waals surface area contributed by atoms with E-state index in [1.807, 2.05) is 6.92 Å². The van der Waals surface area contributed by atoms with Crippen molar-refractivity contribution in [2.45, 2.75) is 32.1 Å². The average molecular weight is 288 g/mol. The Morgan fingerprint density at radius 3 is 2.95 bits per heavy atom. The van der Waals surface area contributed by atoms with E-state index < -0.39 is 6.61 Å². The van der Waals surface area contributed by atoms with E-state index in [4.69, 9.17) is 9.47 Å². The molecule has 1 aliphatic rings. The molecule has 7 heteroatoms. The number of rotatable bonds is 7. The van der Waals surface area contributed by atoms with Crippen LogP contribution in [0.4, 0.5) is 14.6 Å². The zero-order valence-corrected chi connectivity index (χ0v) is 11.2. The van der Waals surface area contributed by atoms with E-state index in [9.17, 15) is 8.78 Å². The molecule has 0 saturated carbocycles. The number of anilines is 1. The van der Waals surface area contributed by atoms with Gasteiger partial charge in [0.2, 0.25) is 0 Å². The van der Waals surface area contributed by atoms with Crippen molar-refractivity contribution in [3.63, 3.8) is 0 Å². The molecule has 0 radical (unpaired) electrons. The Balaban J connectivity index is 1.74. The topological polar surface area (TPSA) is 52.6 Å². The molecule has 5 nitrogen and oxygen atoms in total. The highest BCUT2D eigenvalue weighted by molar-refractivity contribution is 5.38. The Morgan fingerprint density at radius 2 is 2.35 bits per heavy atom. The van der Waals surface area contributed by atoms with Crippen molar-refractivity contribution in [2.75, 3.05) is 25.1 Å². The fraction of sp³-hybridized carbons (Fsp3) is 0.615. The zero-order chi connectivity index (χ0) is 14.4. The normalized spacial score (nSPS) is 20.1. The lowest BCUT2D eigenvalue weighted by Gasteiger charge is -2.17. The third-order valence-corrected chi connectivity index (χ3v) is 2.83. The molecule has 0 aliphatic carbocycles. The van der Waals surface area contributed by atoms with E-state index in [0.717, 1.165) is 13.0 Å². The van der Waals surface area contributed by atoms with Crippen LogP contribution in [0, 0.1) is 0 Å². The molecule has 0 spiro atoms. The van der Waals surface area contributed by atoms with Crippen molar-refractivity contribution in [2.24, 2.45) is 0 Å². The van der Waals surface area contributed by atoms with Crippen LogP contribution < -0.4 is 10.1 Å². The molecule has 1 saturated heterocycles. The van der Waals surface area contributed by atoms with Crippen molar-refractivity contribution in [3.8, 4) is 5.75 Å². The highest BCUT2D eigenvalue weighted by atomic mass is 19.3. The van der Waals surface area contributed by atoms with Gasteiger partial charge in [-0.25, -0.2) is 4.98 Å². The summed E-state index contributed by atoms with van der Waals surface area (Å²) in [6.45, 7) is 1.05. The first-order valence-electron chi connectivity index (χ1n) is 6.50. The van der Waals surface area contributed by atoms with Gasteiger partial charge < -0.3 is 19.5 Å². The second-order valence-electron chi connectivity index (χ2n) is 4.62. The Morgan fingerprint density at radius 1 is 1.50 bits per heavy atom. The largest absolute Gasteiger partial charge is 0.433 e. The number of nitrogens with zero attached hydrogens (tertiary/aromatic N) is 1. The lowest BCUT2D eigenvalue weighted by atomic mass is 10.3. The molecule has 1 aliphatic heterocycles. The Bertz CT molecular complexity index is 397. The van der Waals surface area contributed by atoms with Crippen molar-refractivity contribution < 1.29 is 23.0 Å². The number of hydrogen-bond acceptors (Lipinski definition) is 5. The highest BCUT2D eigenvalue weighted by Crippen LogP contribution is 2.15. The molecule has 1 N–H and O–H groups in total. The van der Waals surface area contributed by atoms with Crippen molar-refractivity contribution >= 4 is 5.82 Å². The smallest absolute Gasteiger partial charge is 0.387 e. The van der Waals surface area contributed by atoms with Crippen LogP contribution >= 0.6 is 0 Å². The van der Waals surface area contributed by atoms with Crippen LogP contribution in [0.15, 0.2) is 18.3 Å². The van der Waals surface area contributed by atoms with Crippen molar-refractivity contribution in [3.05, 3.63) is 18.3 Å². The summed E-state index contributed by atoms with van der Waals surface area (Å²) >= 11 is 0. The summed E-state index contributed by atoms with van der Waals surface area (Å²) in [6.07, 6.45) is 2.34. The molecule has 1 aromatic rings. The first-order chi connectivity index (χ1) is 9.63. The number of ether oxygens (including phenoxy) is 3. The third-order valence-electron chi connectivity index (χ3n) is 2.83. The van der Waals surface area contributed by atoms with Crippen LogP contribution in [-0.2, 0) is 9.47 Å². The van der Waals surface area contributed by atoms with Crippen LogP contribution in [0.5, 0.6) is 5.75 Å². The molecule has 0 amide bonds. The summed E-state index contributed by atoms with van der Waals surface area (Å²) in [5, 5.41) is 3.13. The third kappa shape index (κ3) is 4.90. The minimum atomic E-state index is -2.84. The van der Waals surface area contributed by atoms with Gasteiger partial charge >= 0.3 is 6.61 Å². The highest BCUT2D eigenvalue weighted by Gasteiger charge is 2.17. The Labute approximate surface area is 116 Å². The molecule has 1 aromatic heterocycles. The summed E-state index contributed by atoms with van der Waals surface area (Å²) in [5.74, 6) is 0.628. The van der Waals surface area contributed by atoms with Gasteiger partial charge in [0.15, 0.2) is 0 Å². The zero-order valence-electron chi connectivity index (χ0n) is 11.2. The number of hydrogen-bond donors (Lipinski definition) is 1. The molecule has 20 heavy (non-hydrogen) atoms. The quantitative estimate of drug-likeness (QED) is 0.834. The summed E-state index contributed by atoms with van der Waals surface area (Å²) in [6, 6.07) is 3.09. The minimum absolute atomic E-state index is 0.0394. The summed E-state index contributed by atoms with van der Waals surface area (Å²) < 4.78 is 39.1. The van der Waals surface area contributed by atoms with Gasteiger partial charge in [-0.15, -0.1) is 0 Å². The van der Waals surface area contributed by atoms with Gasteiger partial charge in [-0.05, 0) is 25.5 Å². The van der Waals surface area contributed by atoms with Gasteiger partial charge in [-0.3, -0.25) is 0 Å². The van der Waals surface area contributed by atoms with Gasteiger partial charge in [0.25, 0.3) is 0 Å². The fourth-order valence-electron chi connectivity index (χ4n) is 1.86. The number of aromatic nitrogens is 1. The monoisotopic (exact) mass is 288 g/mol. The standard InChI is InChI=1S/C13H18F2N2O3/c1-9(7-19-11-4-5-18-8-11)17-12-3-2-10(6-16-12)20-13(14)15/h2-3,6,9,11,13H,4-5,7-8H2,1H3,(H,16,17). The van der Waals surface area contributed by atoms with Gasteiger partial charge in [0, 0.05) is 12.6 Å². The van der Waals surface area contributed by atoms with Gasteiger partial charge in [-0.2, -0.15) is 8.78 Å². The first-order valence-corrected chi connectivity index (χ1v) is 6.50. The summed E-state index contributed by atoms with van der Waals surface area (Å²) in [4.78, 5) is 4.00. The molecule has 2 atom stereocenters. The number of halogens is 2. The van der Waals surface area contributed by atoms with E-state index >= 15 is 0 Å². The number of nitrogens with one attached hydrogen (secondary N) is 1. The van der Waals surface area contributed by atoms with Gasteiger partial charge in [0.05, 0.1) is 25.5 Å². The average Bonchev–Trinajstić information content (AvgIpc) is 2.91. The molecule has 1 fully saturated rings. The van der Waals surface area contributed by atoms with Gasteiger partial charge in [0.1, 0.15) is 11.6 Å². The summed E-state index contributed by atoms with van der Waals surface area (Å²) in [7, 11) is 0. The fourth-order valence-corrected chi connectivity index (χ4v) is 1.86. The van der Waals surface area contributed by atoms with E-state index in [-0.39, 0.29) is 17.9 Å². The molecular weight excluding hydrogens is 270 g/mol. The Kier molecular flexibility index (Phi) is 5.49. The minimum Gasteiger partial charge on any atom is -0.433 e. The SMILES string of the molecule is CC(COC1CCOC1)Nc1ccc(OC(F)F)cn1. The maximum Gasteiger partial charge on any atom is 0.387 e. The molecule has 2 rings (SSSR count). The van der Waals surface area contributed by atoms with Crippen LogP contribution in [0.3, 0.4) is 0 Å². The molecular formula is C13H18F2N2O3. The number of alkyl halides is 2. The van der Waals surface area contributed by atoms with Gasteiger partial charge in [-0.1, -0.05) is 0 Å². The van der Waals surface area contributed by atoms with E-state index in [1.165, 1.54) is 12.3 Å². The van der Waals surface area contributed by atoms with E-state index in [0.29, 0.717) is 19.0 Å². The predicted octanol–water partition coefficient (Wildman–Crippen LogP) is 2.29. The lowest BCUT2D eigenvalue weighted by Crippen LogP contribution is -2.26. The van der Waals surface area contributed by atoms with Crippen LogP contribution in [-0.4, -0.2) is 43.6 Å². The van der Waals surface area contributed by atoms with Crippen LogP contribution in [0.2, 0.25) is 0 Å². The van der Waals surface area contributed by atoms with Crippen molar-refractivity contribution in [1.29, 1.82) is 0 Å². The maximum absolute atomic E-state index is 12.0. The van der Waals surface area contributed by atoms with Crippen LogP contribution in [0.1, 0.15) is 13.3 Å². The lowest BCUT2D eigenvalue weighted by molar-refractivity contribution is -0.0500. The maximum atomic E-state index is 12.0. The number of pyridine rings is 1. The predicted molar refractivity (Wildman–Crippen MR) is 69.1 cm³/mol. The molecule has 2 unspecified atom stereocenters. The van der Waals surface area contributed by atoms with Crippen LogP contribution in [0.25, 0.3) is 0 Å². The van der Waals surface area contributed by atoms with Crippen molar-refractivity contribution in [1.82, 2.24) is 4.98 Å². The summed E-state index contributed by atoms with van der Waals surface area (Å²) in [5.41, 5.74) is 0. The molecule has 112 valence electrons. The molecule has 2 heterocycles. The second kappa shape index (κ2) is 7.35. The molecule has 0 aromatic carbocycles. The molecule has 0 bridgehead atoms. The second-order valence-corrected chi connectivity index (χ2v) is 4.62. The Hall–Kier alpha value is -1.47.